The molecule has 0 atom stereocenters. The molecule has 1 saturated heterocycles. The Hall–Kier alpha value is -4.16. The molecule has 5 rings (SSSR count). The summed E-state index contributed by atoms with van der Waals surface area (Å²) in [6.45, 7) is 9.30. The second kappa shape index (κ2) is 12.4. The predicted molar refractivity (Wildman–Crippen MR) is 164 cm³/mol. The van der Waals surface area contributed by atoms with Crippen LogP contribution in [0.5, 0.6) is 5.75 Å². The van der Waals surface area contributed by atoms with E-state index >= 15 is 0 Å². The first-order valence-corrected chi connectivity index (χ1v) is 15.7. The zero-order valence-corrected chi connectivity index (χ0v) is 25.9. The molecular weight excluding hydrogens is 589 g/mol. The zero-order chi connectivity index (χ0) is 31.6. The average molecular weight is 626 g/mol. The number of nitrogens with zero attached hydrogens (tertiary/aromatic N) is 2. The summed E-state index contributed by atoms with van der Waals surface area (Å²) < 4.78 is 52.1. The second-order valence-electron chi connectivity index (χ2n) is 11.9. The van der Waals surface area contributed by atoms with Crippen molar-refractivity contribution in [3.8, 4) is 16.9 Å². The van der Waals surface area contributed by atoms with Crippen molar-refractivity contribution >= 4 is 28.4 Å². The molecule has 12 heteroatoms. The Morgan fingerprint density at radius 1 is 0.955 bits per heavy atom. The maximum absolute atomic E-state index is 13.6. The zero-order valence-electron chi connectivity index (χ0n) is 25.1. The van der Waals surface area contributed by atoms with Crippen LogP contribution in [-0.4, -0.2) is 68.8 Å². The molecule has 0 radical (unpaired) electrons. The molecule has 0 bridgehead atoms. The fourth-order valence-corrected chi connectivity index (χ4v) is 5.96. The normalized spacial score (nSPS) is 15.3. The van der Waals surface area contributed by atoms with E-state index in [-0.39, 0.29) is 35.6 Å². The standard InChI is InChI=1S/C32H36FN3O7S/c1-21-28(34-30(37)41-20-27-25-11-7-5-9-23(25)24-10-6-8-12-26(24)27)17-22(18-29(21)43-44(33,39)40)19-35-13-15-36(16-14-35)31(38)42-32(2,3)4/h5-12,17-18,27H,13-16,19-20H2,1-4H3,(H,34,37). The van der Waals surface area contributed by atoms with Crippen molar-refractivity contribution in [2.24, 2.45) is 0 Å². The van der Waals surface area contributed by atoms with Gasteiger partial charge in [0.25, 0.3) is 0 Å². The lowest BCUT2D eigenvalue weighted by molar-refractivity contribution is 0.0139. The van der Waals surface area contributed by atoms with Gasteiger partial charge in [0.05, 0.1) is 5.69 Å². The van der Waals surface area contributed by atoms with Crippen LogP contribution >= 0.6 is 0 Å². The highest BCUT2D eigenvalue weighted by Gasteiger charge is 2.30. The summed E-state index contributed by atoms with van der Waals surface area (Å²) in [5.41, 5.74) is 4.76. The fraction of sp³-hybridized carbons (Fsp3) is 0.375. The minimum absolute atomic E-state index is 0.0861. The molecule has 3 aromatic rings. The SMILES string of the molecule is Cc1c(NC(=O)OCC2c3ccccc3-c3ccccc32)cc(CN2CCN(C(=O)OC(C)(C)C)CC2)cc1OS(=O)(=O)F. The summed E-state index contributed by atoms with van der Waals surface area (Å²) in [5, 5.41) is 2.68. The summed E-state index contributed by atoms with van der Waals surface area (Å²) in [5.74, 6) is -0.387. The van der Waals surface area contributed by atoms with E-state index in [1.165, 1.54) is 13.0 Å². The van der Waals surface area contributed by atoms with Crippen molar-refractivity contribution in [2.75, 3.05) is 38.1 Å². The van der Waals surface area contributed by atoms with Gasteiger partial charge < -0.3 is 18.6 Å². The third kappa shape index (κ3) is 7.48. The smallest absolute Gasteiger partial charge is 0.448 e. The topological polar surface area (TPSA) is 114 Å². The highest BCUT2D eigenvalue weighted by molar-refractivity contribution is 7.81. The van der Waals surface area contributed by atoms with Crippen LogP contribution in [0.25, 0.3) is 11.1 Å². The van der Waals surface area contributed by atoms with Crippen molar-refractivity contribution in [1.82, 2.24) is 9.80 Å². The average Bonchev–Trinajstić information content (AvgIpc) is 3.27. The van der Waals surface area contributed by atoms with Gasteiger partial charge in [0.2, 0.25) is 0 Å². The largest absolute Gasteiger partial charge is 0.488 e. The molecule has 10 nitrogen and oxygen atoms in total. The fourth-order valence-electron chi connectivity index (χ4n) is 5.58. The number of hydrogen-bond acceptors (Lipinski definition) is 8. The molecule has 1 aliphatic carbocycles. The van der Waals surface area contributed by atoms with Crippen LogP contribution in [0.3, 0.4) is 0 Å². The Morgan fingerprint density at radius 2 is 1.55 bits per heavy atom. The van der Waals surface area contributed by atoms with E-state index in [1.807, 2.05) is 69.3 Å². The Bertz CT molecular complexity index is 1620. The van der Waals surface area contributed by atoms with E-state index in [1.54, 1.807) is 11.0 Å². The molecule has 0 unspecified atom stereocenters. The number of rotatable bonds is 7. The number of benzene rings is 3. The summed E-state index contributed by atoms with van der Waals surface area (Å²) >= 11 is 0. The summed E-state index contributed by atoms with van der Waals surface area (Å²) in [4.78, 5) is 29.1. The number of hydrogen-bond donors (Lipinski definition) is 1. The first-order chi connectivity index (χ1) is 20.8. The summed E-state index contributed by atoms with van der Waals surface area (Å²) in [7, 11) is -5.32. The van der Waals surface area contributed by atoms with Gasteiger partial charge >= 0.3 is 22.7 Å². The van der Waals surface area contributed by atoms with Gasteiger partial charge in [0.15, 0.2) is 5.75 Å². The molecule has 44 heavy (non-hydrogen) atoms. The van der Waals surface area contributed by atoms with Crippen LogP contribution in [0.15, 0.2) is 60.7 Å². The molecule has 234 valence electrons. The van der Waals surface area contributed by atoms with Crippen LogP contribution in [-0.2, 0) is 26.5 Å². The van der Waals surface area contributed by atoms with E-state index in [2.05, 4.69) is 14.4 Å². The molecule has 1 N–H and O–H groups in total. The molecule has 1 fully saturated rings. The van der Waals surface area contributed by atoms with Crippen molar-refractivity contribution in [2.45, 2.75) is 45.8 Å². The number of fused-ring (bicyclic) bond motifs is 3. The number of anilines is 1. The van der Waals surface area contributed by atoms with Gasteiger partial charge in [-0.2, -0.15) is 8.42 Å². The molecule has 1 aliphatic heterocycles. The molecule has 0 saturated carbocycles. The molecule has 0 aromatic heterocycles. The first kappa shape index (κ1) is 31.3. The molecule has 2 amide bonds. The summed E-state index contributed by atoms with van der Waals surface area (Å²) in [6.07, 6.45) is -1.13. The minimum atomic E-state index is -5.32. The highest BCUT2D eigenvalue weighted by atomic mass is 32.3. The lowest BCUT2D eigenvalue weighted by Crippen LogP contribution is -2.49. The number of halogens is 1. The number of nitrogens with one attached hydrogen (secondary N) is 1. The number of piperazine rings is 1. The number of carbonyl (C=O) groups is 2. The number of amides is 2. The third-order valence-electron chi connectivity index (χ3n) is 7.62. The van der Waals surface area contributed by atoms with Gasteiger partial charge in [0.1, 0.15) is 12.2 Å². The van der Waals surface area contributed by atoms with E-state index in [9.17, 15) is 21.9 Å². The Balaban J connectivity index is 1.28. The Kier molecular flexibility index (Phi) is 8.85. The van der Waals surface area contributed by atoms with E-state index < -0.39 is 22.2 Å². The van der Waals surface area contributed by atoms with Crippen molar-refractivity contribution in [3.05, 3.63) is 82.9 Å². The minimum Gasteiger partial charge on any atom is -0.448 e. The van der Waals surface area contributed by atoms with Crippen molar-refractivity contribution in [1.29, 1.82) is 0 Å². The van der Waals surface area contributed by atoms with Crippen molar-refractivity contribution in [3.63, 3.8) is 0 Å². The quantitative estimate of drug-likeness (QED) is 0.318. The first-order valence-electron chi connectivity index (χ1n) is 14.4. The Labute approximate surface area is 257 Å². The Morgan fingerprint density at radius 3 is 2.11 bits per heavy atom. The van der Waals surface area contributed by atoms with E-state index in [4.69, 9.17) is 9.47 Å². The van der Waals surface area contributed by atoms with Crippen molar-refractivity contribution < 1.29 is 35.5 Å². The van der Waals surface area contributed by atoms with Crippen LogP contribution in [0.4, 0.5) is 19.2 Å². The third-order valence-corrected chi connectivity index (χ3v) is 8.00. The number of ether oxygens (including phenoxy) is 2. The van der Waals surface area contributed by atoms with Gasteiger partial charge in [-0.1, -0.05) is 52.4 Å². The molecule has 3 aromatic carbocycles. The van der Waals surface area contributed by atoms with Gasteiger partial charge in [-0.15, -0.1) is 0 Å². The van der Waals surface area contributed by atoms with E-state index in [0.29, 0.717) is 38.3 Å². The highest BCUT2D eigenvalue weighted by Crippen LogP contribution is 2.44. The van der Waals surface area contributed by atoms with Gasteiger partial charge in [-0.05, 0) is 67.6 Å². The lowest BCUT2D eigenvalue weighted by atomic mass is 9.98. The predicted octanol–water partition coefficient (Wildman–Crippen LogP) is 6.00. The maximum atomic E-state index is 13.6. The van der Waals surface area contributed by atoms with Gasteiger partial charge in [-0.25, -0.2) is 9.59 Å². The van der Waals surface area contributed by atoms with E-state index in [0.717, 1.165) is 22.3 Å². The maximum Gasteiger partial charge on any atom is 0.488 e. The van der Waals surface area contributed by atoms with Crippen LogP contribution in [0.2, 0.25) is 0 Å². The monoisotopic (exact) mass is 625 g/mol. The number of carbonyl (C=O) groups excluding carboxylic acids is 2. The molecular formula is C32H36FN3O7S. The molecule has 2 aliphatic rings. The summed E-state index contributed by atoms with van der Waals surface area (Å²) in [6, 6.07) is 19.1. The van der Waals surface area contributed by atoms with Crippen LogP contribution in [0, 0.1) is 6.92 Å². The molecule has 0 spiro atoms. The van der Waals surface area contributed by atoms with Gasteiger partial charge in [0, 0.05) is 44.2 Å². The van der Waals surface area contributed by atoms with Crippen LogP contribution < -0.4 is 9.50 Å². The lowest BCUT2D eigenvalue weighted by Gasteiger charge is -2.35. The molecule has 1 heterocycles. The van der Waals surface area contributed by atoms with Gasteiger partial charge in [-0.3, -0.25) is 10.2 Å². The van der Waals surface area contributed by atoms with Crippen LogP contribution in [0.1, 0.15) is 48.9 Å². The second-order valence-corrected chi connectivity index (χ2v) is 12.9.